The van der Waals surface area contributed by atoms with Crippen LogP contribution in [0.15, 0.2) is 64.2 Å². The summed E-state index contributed by atoms with van der Waals surface area (Å²) in [4.78, 5) is 38.7. The Morgan fingerprint density at radius 1 is 1.09 bits per heavy atom. The number of halogens is 1. The van der Waals surface area contributed by atoms with Gasteiger partial charge in [-0.3, -0.25) is 19.7 Å². The van der Waals surface area contributed by atoms with Crippen LogP contribution in [-0.4, -0.2) is 29.6 Å². The molecule has 0 bridgehead atoms. The van der Waals surface area contributed by atoms with Gasteiger partial charge in [-0.2, -0.15) is 5.10 Å². The zero-order chi connectivity index (χ0) is 23.7. The fraction of sp³-hybridized carbons (Fsp3) is 0.182. The Morgan fingerprint density at radius 3 is 2.39 bits per heavy atom. The number of rotatable bonds is 6. The number of amides is 1. The van der Waals surface area contributed by atoms with Gasteiger partial charge in [0.1, 0.15) is 18.1 Å². The van der Waals surface area contributed by atoms with Gasteiger partial charge in [0.15, 0.2) is 0 Å². The highest BCUT2D eigenvalue weighted by molar-refractivity contribution is 6.30. The van der Waals surface area contributed by atoms with Crippen LogP contribution in [0.25, 0.3) is 11.4 Å². The lowest BCUT2D eigenvalue weighted by atomic mass is 10.1. The summed E-state index contributed by atoms with van der Waals surface area (Å²) in [5, 5.41) is 4.92. The number of nitrogens with two attached hydrogens (primary N) is 1. The van der Waals surface area contributed by atoms with Crippen molar-refractivity contribution in [3.8, 4) is 11.4 Å². The molecule has 0 fully saturated rings. The van der Waals surface area contributed by atoms with Gasteiger partial charge in [0.05, 0.1) is 11.4 Å². The molecule has 0 aliphatic heterocycles. The molecule has 0 saturated heterocycles. The van der Waals surface area contributed by atoms with Gasteiger partial charge < -0.3 is 0 Å². The number of nitrogens with one attached hydrogen (secondary N) is 1. The van der Waals surface area contributed by atoms with Crippen LogP contribution in [0.3, 0.4) is 0 Å². The average Bonchev–Trinajstić information content (AvgIpc) is 3.21. The minimum Gasteiger partial charge on any atom is -0.293 e. The second kappa shape index (κ2) is 8.93. The molecule has 4 rings (SSSR count). The van der Waals surface area contributed by atoms with Crippen LogP contribution in [-0.2, 0) is 24.8 Å². The van der Waals surface area contributed by atoms with Crippen molar-refractivity contribution < 1.29 is 4.79 Å². The summed E-state index contributed by atoms with van der Waals surface area (Å²) in [5.74, 6) is 4.89. The van der Waals surface area contributed by atoms with Crippen LogP contribution in [0.5, 0.6) is 0 Å². The first kappa shape index (κ1) is 22.3. The molecule has 2 aromatic heterocycles. The number of nitrogens with zero attached hydrogens (tertiary/aromatic N) is 5. The summed E-state index contributed by atoms with van der Waals surface area (Å²) in [6.45, 7) is 1.37. The van der Waals surface area contributed by atoms with E-state index in [1.807, 2.05) is 35.8 Å². The van der Waals surface area contributed by atoms with Gasteiger partial charge in [-0.25, -0.2) is 24.6 Å². The molecule has 1 amide bonds. The van der Waals surface area contributed by atoms with Gasteiger partial charge in [0.2, 0.25) is 0 Å². The van der Waals surface area contributed by atoms with Gasteiger partial charge in [-0.1, -0.05) is 41.9 Å². The van der Waals surface area contributed by atoms with Crippen molar-refractivity contribution >= 4 is 17.5 Å². The minimum absolute atomic E-state index is 0.162. The quantitative estimate of drug-likeness (QED) is 0.249. The van der Waals surface area contributed by atoms with Crippen molar-refractivity contribution in [1.29, 1.82) is 0 Å². The third-order valence-corrected chi connectivity index (χ3v) is 5.64. The Balaban J connectivity index is 1.93. The number of hydrazine groups is 1. The molecule has 2 aromatic carbocycles. The normalized spacial score (nSPS) is 11.0. The summed E-state index contributed by atoms with van der Waals surface area (Å²) < 4.78 is 5.41. The van der Waals surface area contributed by atoms with E-state index in [0.717, 1.165) is 10.2 Å². The third-order valence-electron chi connectivity index (χ3n) is 5.38. The summed E-state index contributed by atoms with van der Waals surface area (Å²) in [7, 11) is 1.74. The molecule has 33 heavy (non-hydrogen) atoms. The van der Waals surface area contributed by atoms with Crippen LogP contribution < -0.4 is 22.5 Å². The Kier molecular flexibility index (Phi) is 6.03. The maximum Gasteiger partial charge on any atom is 0.351 e. The number of benzene rings is 2. The standard InChI is InChI=1S/C22H22ClN7O3/c1-14-20(21(32)30(27(14)2)17-6-4-3-5-7-17)29-18(12-15-8-10-16(23)11-9-15)26-28(22(29)33)13-19(31)25-24/h3-11H,12-13,24H2,1-2H3,(H,25,31). The molecular weight excluding hydrogens is 446 g/mol. The zero-order valence-electron chi connectivity index (χ0n) is 18.0. The second-order valence-electron chi connectivity index (χ2n) is 7.47. The fourth-order valence-corrected chi connectivity index (χ4v) is 3.80. The van der Waals surface area contributed by atoms with Gasteiger partial charge in [-0.05, 0) is 36.8 Å². The largest absolute Gasteiger partial charge is 0.351 e. The van der Waals surface area contributed by atoms with Crippen LogP contribution >= 0.6 is 11.6 Å². The van der Waals surface area contributed by atoms with Crippen molar-refractivity contribution in [2.75, 3.05) is 0 Å². The molecule has 0 radical (unpaired) electrons. The molecule has 3 N–H and O–H groups in total. The predicted molar refractivity (Wildman–Crippen MR) is 124 cm³/mol. The summed E-state index contributed by atoms with van der Waals surface area (Å²) in [6, 6.07) is 16.2. The summed E-state index contributed by atoms with van der Waals surface area (Å²) in [5.41, 5.74) is 3.20. The maximum atomic E-state index is 13.5. The van der Waals surface area contributed by atoms with Gasteiger partial charge >= 0.3 is 5.69 Å². The Bertz CT molecular complexity index is 1430. The molecule has 0 saturated carbocycles. The van der Waals surface area contributed by atoms with Crippen molar-refractivity contribution in [1.82, 2.24) is 29.1 Å². The molecule has 170 valence electrons. The molecule has 11 heteroatoms. The Morgan fingerprint density at radius 2 is 1.76 bits per heavy atom. The maximum absolute atomic E-state index is 13.5. The van der Waals surface area contributed by atoms with Crippen molar-refractivity contribution in [3.63, 3.8) is 0 Å². The number of hydrogen-bond donors (Lipinski definition) is 2. The molecule has 0 atom stereocenters. The first-order valence-electron chi connectivity index (χ1n) is 10.1. The van der Waals surface area contributed by atoms with Crippen LogP contribution in [0.2, 0.25) is 5.02 Å². The lowest BCUT2D eigenvalue weighted by Gasteiger charge is -2.07. The lowest BCUT2D eigenvalue weighted by molar-refractivity contribution is -0.121. The number of aromatic nitrogens is 5. The minimum atomic E-state index is -0.617. The van der Waals surface area contributed by atoms with Crippen LogP contribution in [0.1, 0.15) is 17.1 Å². The van der Waals surface area contributed by atoms with E-state index in [2.05, 4.69) is 5.10 Å². The molecule has 2 heterocycles. The summed E-state index contributed by atoms with van der Waals surface area (Å²) >= 11 is 5.99. The highest BCUT2D eigenvalue weighted by Crippen LogP contribution is 2.17. The zero-order valence-corrected chi connectivity index (χ0v) is 18.8. The van der Waals surface area contributed by atoms with Crippen LogP contribution in [0.4, 0.5) is 0 Å². The van der Waals surface area contributed by atoms with Gasteiger partial charge in [-0.15, -0.1) is 0 Å². The molecule has 4 aromatic rings. The van der Waals surface area contributed by atoms with Crippen molar-refractivity contribution in [3.05, 3.63) is 97.5 Å². The van der Waals surface area contributed by atoms with E-state index < -0.39 is 11.6 Å². The van der Waals surface area contributed by atoms with E-state index in [0.29, 0.717) is 22.2 Å². The SMILES string of the molecule is Cc1c(-n2c(Cc3ccc(Cl)cc3)nn(CC(=O)NN)c2=O)c(=O)n(-c2ccccc2)n1C. The second-order valence-corrected chi connectivity index (χ2v) is 7.91. The highest BCUT2D eigenvalue weighted by Gasteiger charge is 2.25. The predicted octanol–water partition coefficient (Wildman–Crippen LogP) is 1.07. The number of carbonyl (C=O) groups is 1. The topological polar surface area (TPSA) is 122 Å². The van der Waals surface area contributed by atoms with Crippen molar-refractivity contribution in [2.45, 2.75) is 19.9 Å². The highest BCUT2D eigenvalue weighted by atomic mass is 35.5. The molecule has 0 spiro atoms. The van der Waals surface area contributed by atoms with E-state index in [9.17, 15) is 14.4 Å². The van der Waals surface area contributed by atoms with Gasteiger partial charge in [0, 0.05) is 18.5 Å². The Labute approximate surface area is 193 Å². The van der Waals surface area contributed by atoms with Crippen LogP contribution in [0, 0.1) is 6.92 Å². The summed E-state index contributed by atoms with van der Waals surface area (Å²) in [6.07, 6.45) is 0.239. The number of carbonyl (C=O) groups excluding carboxylic acids is 1. The smallest absolute Gasteiger partial charge is 0.293 e. The van der Waals surface area contributed by atoms with E-state index >= 15 is 0 Å². The van der Waals surface area contributed by atoms with Gasteiger partial charge in [0.25, 0.3) is 11.5 Å². The van der Waals surface area contributed by atoms with E-state index in [1.165, 1.54) is 9.25 Å². The molecular formula is C22H22ClN7O3. The van der Waals surface area contributed by atoms with E-state index in [-0.39, 0.29) is 24.2 Å². The van der Waals surface area contributed by atoms with Crippen molar-refractivity contribution in [2.24, 2.45) is 12.9 Å². The number of hydrogen-bond acceptors (Lipinski definition) is 5. The number of para-hydroxylation sites is 1. The first-order chi connectivity index (χ1) is 15.8. The monoisotopic (exact) mass is 467 g/mol. The lowest BCUT2D eigenvalue weighted by Crippen LogP contribution is -2.37. The molecule has 0 unspecified atom stereocenters. The molecule has 10 nitrogen and oxygen atoms in total. The van der Waals surface area contributed by atoms with E-state index in [4.69, 9.17) is 17.4 Å². The van der Waals surface area contributed by atoms with E-state index in [1.54, 1.807) is 42.9 Å². The molecule has 0 aliphatic rings. The Hall–Kier alpha value is -3.89. The average molecular weight is 468 g/mol. The first-order valence-corrected chi connectivity index (χ1v) is 10.5. The third kappa shape index (κ3) is 4.13. The fourth-order valence-electron chi connectivity index (χ4n) is 3.67. The molecule has 0 aliphatic carbocycles.